The number of anilines is 1. The Morgan fingerprint density at radius 2 is 2.18 bits per heavy atom. The monoisotopic (exact) mass is 235 g/mol. The van der Waals surface area contributed by atoms with Crippen LogP contribution in [0.3, 0.4) is 0 Å². The molecule has 0 radical (unpaired) electrons. The number of ether oxygens (including phenoxy) is 2. The maximum Gasteiger partial charge on any atom is 0.0713 e. The summed E-state index contributed by atoms with van der Waals surface area (Å²) in [5.74, 6) is 0. The molecule has 1 aliphatic carbocycles. The zero-order valence-corrected chi connectivity index (χ0v) is 10.6. The van der Waals surface area contributed by atoms with E-state index in [-0.39, 0.29) is 0 Å². The van der Waals surface area contributed by atoms with Crippen molar-refractivity contribution in [3.63, 3.8) is 0 Å². The van der Waals surface area contributed by atoms with Gasteiger partial charge in [-0.15, -0.1) is 0 Å². The van der Waals surface area contributed by atoms with Gasteiger partial charge in [0, 0.05) is 25.4 Å². The minimum Gasteiger partial charge on any atom is -0.382 e. The highest BCUT2D eigenvalue weighted by atomic mass is 16.5. The SMILES string of the molecule is CCOC1CC(Nc2cccc(COC)c2)C1. The Labute approximate surface area is 103 Å². The Kier molecular flexibility index (Phi) is 4.40. The molecule has 1 aliphatic rings. The van der Waals surface area contributed by atoms with Crippen LogP contribution >= 0.6 is 0 Å². The second kappa shape index (κ2) is 6.03. The van der Waals surface area contributed by atoms with E-state index in [1.165, 1.54) is 11.3 Å². The molecule has 0 aromatic heterocycles. The molecule has 17 heavy (non-hydrogen) atoms. The van der Waals surface area contributed by atoms with Crippen molar-refractivity contribution in [3.8, 4) is 0 Å². The first-order valence-corrected chi connectivity index (χ1v) is 6.27. The van der Waals surface area contributed by atoms with Crippen LogP contribution < -0.4 is 5.32 Å². The quantitative estimate of drug-likeness (QED) is 0.822. The minimum absolute atomic E-state index is 0.458. The zero-order chi connectivity index (χ0) is 12.1. The van der Waals surface area contributed by atoms with Crippen LogP contribution in [0.2, 0.25) is 0 Å². The molecule has 3 heteroatoms. The van der Waals surface area contributed by atoms with Crippen LogP contribution in [0.25, 0.3) is 0 Å². The summed E-state index contributed by atoms with van der Waals surface area (Å²) in [4.78, 5) is 0. The van der Waals surface area contributed by atoms with Gasteiger partial charge in [-0.3, -0.25) is 0 Å². The van der Waals surface area contributed by atoms with Crippen molar-refractivity contribution in [3.05, 3.63) is 29.8 Å². The van der Waals surface area contributed by atoms with E-state index >= 15 is 0 Å². The second-order valence-electron chi connectivity index (χ2n) is 4.52. The third-order valence-electron chi connectivity index (χ3n) is 3.11. The fourth-order valence-electron chi connectivity index (χ4n) is 2.21. The van der Waals surface area contributed by atoms with Crippen molar-refractivity contribution in [2.24, 2.45) is 0 Å². The molecule has 0 atom stereocenters. The van der Waals surface area contributed by atoms with E-state index in [1.54, 1.807) is 7.11 Å². The van der Waals surface area contributed by atoms with Crippen molar-refractivity contribution in [2.45, 2.75) is 38.5 Å². The minimum atomic E-state index is 0.458. The molecule has 0 amide bonds. The average Bonchev–Trinajstić information content (AvgIpc) is 2.27. The van der Waals surface area contributed by atoms with Gasteiger partial charge in [-0.1, -0.05) is 12.1 Å². The standard InChI is InChI=1S/C14H21NO2/c1-3-17-14-8-13(9-14)15-12-6-4-5-11(7-12)10-16-2/h4-7,13-15H,3,8-10H2,1-2H3. The highest BCUT2D eigenvalue weighted by Gasteiger charge is 2.29. The molecule has 0 unspecified atom stereocenters. The maximum absolute atomic E-state index is 5.55. The molecule has 1 aromatic rings. The topological polar surface area (TPSA) is 30.5 Å². The molecule has 1 N–H and O–H groups in total. The molecule has 1 aromatic carbocycles. The lowest BCUT2D eigenvalue weighted by molar-refractivity contribution is 0.00299. The first kappa shape index (κ1) is 12.4. The molecule has 1 fully saturated rings. The van der Waals surface area contributed by atoms with Gasteiger partial charge in [0.2, 0.25) is 0 Å². The molecule has 3 nitrogen and oxygen atoms in total. The summed E-state index contributed by atoms with van der Waals surface area (Å²) in [6.45, 7) is 3.54. The van der Waals surface area contributed by atoms with Crippen molar-refractivity contribution in [2.75, 3.05) is 19.0 Å². The smallest absolute Gasteiger partial charge is 0.0713 e. The summed E-state index contributed by atoms with van der Waals surface area (Å²) in [7, 11) is 1.72. The fourth-order valence-corrected chi connectivity index (χ4v) is 2.21. The van der Waals surface area contributed by atoms with E-state index in [4.69, 9.17) is 9.47 Å². The molecule has 0 aliphatic heterocycles. The molecular weight excluding hydrogens is 214 g/mol. The number of methoxy groups -OCH3 is 1. The molecular formula is C14H21NO2. The van der Waals surface area contributed by atoms with Crippen molar-refractivity contribution < 1.29 is 9.47 Å². The van der Waals surface area contributed by atoms with Gasteiger partial charge < -0.3 is 14.8 Å². The summed E-state index contributed by atoms with van der Waals surface area (Å²) in [5, 5.41) is 3.53. The highest BCUT2D eigenvalue weighted by molar-refractivity contribution is 5.46. The van der Waals surface area contributed by atoms with Crippen LogP contribution in [0.4, 0.5) is 5.69 Å². The van der Waals surface area contributed by atoms with E-state index in [0.29, 0.717) is 18.8 Å². The van der Waals surface area contributed by atoms with E-state index in [9.17, 15) is 0 Å². The lowest BCUT2D eigenvalue weighted by atomic mass is 9.89. The van der Waals surface area contributed by atoms with E-state index < -0.39 is 0 Å². The van der Waals surface area contributed by atoms with Gasteiger partial charge in [-0.05, 0) is 37.5 Å². The van der Waals surface area contributed by atoms with E-state index in [0.717, 1.165) is 19.4 Å². The van der Waals surface area contributed by atoms with Crippen molar-refractivity contribution in [1.82, 2.24) is 0 Å². The lowest BCUT2D eigenvalue weighted by Gasteiger charge is -2.36. The fraction of sp³-hybridized carbons (Fsp3) is 0.571. The normalized spacial score (nSPS) is 23.2. The largest absolute Gasteiger partial charge is 0.382 e. The predicted molar refractivity (Wildman–Crippen MR) is 69.2 cm³/mol. The van der Waals surface area contributed by atoms with Crippen LogP contribution in [0.5, 0.6) is 0 Å². The van der Waals surface area contributed by atoms with Gasteiger partial charge in [0.15, 0.2) is 0 Å². The molecule has 0 heterocycles. The first-order chi connectivity index (χ1) is 8.31. The average molecular weight is 235 g/mol. The van der Waals surface area contributed by atoms with Crippen LogP contribution in [0.1, 0.15) is 25.3 Å². The zero-order valence-electron chi connectivity index (χ0n) is 10.6. The molecule has 0 bridgehead atoms. The van der Waals surface area contributed by atoms with Crippen molar-refractivity contribution >= 4 is 5.69 Å². The summed E-state index contributed by atoms with van der Waals surface area (Å²) in [5.41, 5.74) is 2.39. The number of benzene rings is 1. The Morgan fingerprint density at radius 1 is 1.35 bits per heavy atom. The van der Waals surface area contributed by atoms with Crippen LogP contribution in [-0.2, 0) is 16.1 Å². The molecule has 0 saturated heterocycles. The van der Waals surface area contributed by atoms with Gasteiger partial charge in [-0.2, -0.15) is 0 Å². The van der Waals surface area contributed by atoms with Gasteiger partial charge >= 0.3 is 0 Å². The van der Waals surface area contributed by atoms with E-state index in [1.807, 2.05) is 0 Å². The summed E-state index contributed by atoms with van der Waals surface area (Å²) in [6, 6.07) is 8.96. The lowest BCUT2D eigenvalue weighted by Crippen LogP contribution is -2.40. The third kappa shape index (κ3) is 3.45. The number of nitrogens with one attached hydrogen (secondary N) is 1. The van der Waals surface area contributed by atoms with Gasteiger partial charge in [0.1, 0.15) is 0 Å². The van der Waals surface area contributed by atoms with Crippen LogP contribution in [0, 0.1) is 0 Å². The molecule has 0 spiro atoms. The first-order valence-electron chi connectivity index (χ1n) is 6.27. The maximum atomic E-state index is 5.55. The summed E-state index contributed by atoms with van der Waals surface area (Å²) >= 11 is 0. The van der Waals surface area contributed by atoms with Crippen molar-refractivity contribution in [1.29, 1.82) is 0 Å². The Morgan fingerprint density at radius 3 is 2.88 bits per heavy atom. The van der Waals surface area contributed by atoms with Gasteiger partial charge in [0.05, 0.1) is 12.7 Å². The third-order valence-corrected chi connectivity index (χ3v) is 3.11. The second-order valence-corrected chi connectivity index (χ2v) is 4.52. The number of rotatable bonds is 6. The van der Waals surface area contributed by atoms with Crippen LogP contribution in [0.15, 0.2) is 24.3 Å². The summed E-state index contributed by atoms with van der Waals surface area (Å²) < 4.78 is 10.7. The Bertz CT molecular complexity index is 348. The number of hydrogen-bond donors (Lipinski definition) is 1. The Balaban J connectivity index is 1.81. The van der Waals surface area contributed by atoms with Crippen LogP contribution in [-0.4, -0.2) is 25.9 Å². The Hall–Kier alpha value is -1.06. The number of hydrogen-bond acceptors (Lipinski definition) is 3. The predicted octanol–water partition coefficient (Wildman–Crippen LogP) is 2.81. The van der Waals surface area contributed by atoms with Gasteiger partial charge in [0.25, 0.3) is 0 Å². The summed E-state index contributed by atoms with van der Waals surface area (Å²) in [6.07, 6.45) is 2.68. The molecule has 2 rings (SSSR count). The molecule has 1 saturated carbocycles. The molecule has 94 valence electrons. The highest BCUT2D eigenvalue weighted by Crippen LogP contribution is 2.27. The van der Waals surface area contributed by atoms with Gasteiger partial charge in [-0.25, -0.2) is 0 Å². The van der Waals surface area contributed by atoms with E-state index in [2.05, 4.69) is 36.5 Å².